The molecular weight excluding hydrogens is 200 g/mol. The minimum absolute atomic E-state index is 0.0505. The molecule has 0 amide bonds. The second kappa shape index (κ2) is 3.49. The molecule has 86 valence electrons. The predicted molar refractivity (Wildman–Crippen MR) is 62.9 cm³/mol. The minimum Gasteiger partial charge on any atom is -0.496 e. The fraction of sp³-hybridized carbons (Fsp3) is 0.571. The SMILES string of the molecule is COc1ccc2c3c1CCC[C@]2(C)OCC3. The van der Waals surface area contributed by atoms with Crippen LogP contribution >= 0.6 is 0 Å². The molecule has 3 rings (SSSR count). The molecule has 1 aliphatic carbocycles. The van der Waals surface area contributed by atoms with Gasteiger partial charge in [-0.3, -0.25) is 0 Å². The molecule has 2 aliphatic rings. The summed E-state index contributed by atoms with van der Waals surface area (Å²) in [7, 11) is 1.77. The van der Waals surface area contributed by atoms with E-state index in [1.54, 1.807) is 7.11 Å². The number of hydrogen-bond acceptors (Lipinski definition) is 2. The molecule has 1 aromatic rings. The maximum Gasteiger partial charge on any atom is 0.122 e. The Bertz CT molecular complexity index is 425. The van der Waals surface area contributed by atoms with Gasteiger partial charge in [-0.2, -0.15) is 0 Å². The van der Waals surface area contributed by atoms with E-state index in [2.05, 4.69) is 19.1 Å². The quantitative estimate of drug-likeness (QED) is 0.721. The third kappa shape index (κ3) is 1.29. The zero-order valence-corrected chi connectivity index (χ0v) is 10.0. The first-order chi connectivity index (χ1) is 7.74. The molecular formula is C14H18O2. The van der Waals surface area contributed by atoms with Crippen LogP contribution < -0.4 is 4.74 Å². The molecule has 1 atom stereocenters. The molecule has 0 fully saturated rings. The van der Waals surface area contributed by atoms with Crippen LogP contribution in [0.4, 0.5) is 0 Å². The summed E-state index contributed by atoms with van der Waals surface area (Å²) in [6.45, 7) is 3.08. The first-order valence-electron chi connectivity index (χ1n) is 6.08. The van der Waals surface area contributed by atoms with Crippen LogP contribution in [0.5, 0.6) is 5.75 Å². The van der Waals surface area contributed by atoms with Gasteiger partial charge in [0.1, 0.15) is 5.75 Å². The second-order valence-corrected chi connectivity index (χ2v) is 4.96. The van der Waals surface area contributed by atoms with E-state index in [0.29, 0.717) is 0 Å². The van der Waals surface area contributed by atoms with Crippen molar-refractivity contribution >= 4 is 0 Å². The summed E-state index contributed by atoms with van der Waals surface area (Å²) in [5, 5.41) is 0. The van der Waals surface area contributed by atoms with E-state index in [1.807, 2.05) is 0 Å². The molecule has 16 heavy (non-hydrogen) atoms. The van der Waals surface area contributed by atoms with Gasteiger partial charge >= 0.3 is 0 Å². The largest absolute Gasteiger partial charge is 0.496 e. The topological polar surface area (TPSA) is 18.5 Å². The summed E-state index contributed by atoms with van der Waals surface area (Å²) in [4.78, 5) is 0. The van der Waals surface area contributed by atoms with Gasteiger partial charge in [-0.15, -0.1) is 0 Å². The van der Waals surface area contributed by atoms with Crippen molar-refractivity contribution in [2.45, 2.75) is 38.2 Å². The van der Waals surface area contributed by atoms with Crippen LogP contribution in [-0.4, -0.2) is 13.7 Å². The van der Waals surface area contributed by atoms with Crippen molar-refractivity contribution in [2.75, 3.05) is 13.7 Å². The zero-order valence-electron chi connectivity index (χ0n) is 10.0. The van der Waals surface area contributed by atoms with Gasteiger partial charge in [-0.1, -0.05) is 6.07 Å². The molecule has 1 aromatic carbocycles. The average Bonchev–Trinajstić information content (AvgIpc) is 2.37. The van der Waals surface area contributed by atoms with Crippen LogP contribution in [0.25, 0.3) is 0 Å². The summed E-state index contributed by atoms with van der Waals surface area (Å²) in [6.07, 6.45) is 4.48. The van der Waals surface area contributed by atoms with Gasteiger partial charge < -0.3 is 9.47 Å². The van der Waals surface area contributed by atoms with Gasteiger partial charge in [0.05, 0.1) is 19.3 Å². The lowest BCUT2D eigenvalue weighted by Gasteiger charge is -2.35. The molecule has 0 saturated heterocycles. The molecule has 4 bridgehead atoms. The number of hydrogen-bond donors (Lipinski definition) is 0. The zero-order chi connectivity index (χ0) is 11.2. The Morgan fingerprint density at radius 1 is 1.25 bits per heavy atom. The van der Waals surface area contributed by atoms with E-state index in [9.17, 15) is 0 Å². The number of benzene rings is 1. The molecule has 0 aromatic heterocycles. The Labute approximate surface area is 96.6 Å². The van der Waals surface area contributed by atoms with Crippen molar-refractivity contribution < 1.29 is 9.47 Å². The summed E-state index contributed by atoms with van der Waals surface area (Å²) in [6, 6.07) is 4.30. The standard InChI is InChI=1S/C14H18O2/c1-14-8-3-4-11-10(7-9-16-14)12(14)5-6-13(11)15-2/h5-6H,3-4,7-9H2,1-2H3/t14-/m0/s1. The Hall–Kier alpha value is -1.02. The van der Waals surface area contributed by atoms with Crippen molar-refractivity contribution in [1.82, 2.24) is 0 Å². The van der Waals surface area contributed by atoms with Gasteiger partial charge in [0.25, 0.3) is 0 Å². The van der Waals surface area contributed by atoms with Gasteiger partial charge in [0.2, 0.25) is 0 Å². The monoisotopic (exact) mass is 218 g/mol. The van der Waals surface area contributed by atoms with Crippen LogP contribution in [0, 0.1) is 0 Å². The second-order valence-electron chi connectivity index (χ2n) is 4.96. The summed E-state index contributed by atoms with van der Waals surface area (Å²) < 4.78 is 11.5. The summed E-state index contributed by atoms with van der Waals surface area (Å²) in [5.41, 5.74) is 4.26. The van der Waals surface area contributed by atoms with Crippen LogP contribution in [0.1, 0.15) is 36.5 Å². The Morgan fingerprint density at radius 3 is 2.94 bits per heavy atom. The third-order valence-corrected chi connectivity index (χ3v) is 4.03. The number of rotatable bonds is 1. The first-order valence-corrected chi connectivity index (χ1v) is 6.08. The van der Waals surface area contributed by atoms with Crippen molar-refractivity contribution in [3.05, 3.63) is 28.8 Å². The smallest absolute Gasteiger partial charge is 0.122 e. The van der Waals surface area contributed by atoms with Gasteiger partial charge in [-0.05, 0) is 55.4 Å². The van der Waals surface area contributed by atoms with E-state index in [1.165, 1.54) is 23.1 Å². The van der Waals surface area contributed by atoms with Crippen molar-refractivity contribution in [3.8, 4) is 5.75 Å². The van der Waals surface area contributed by atoms with Gasteiger partial charge in [-0.25, -0.2) is 0 Å². The highest BCUT2D eigenvalue weighted by molar-refractivity contribution is 5.49. The fourth-order valence-electron chi connectivity index (χ4n) is 3.18. The fourth-order valence-corrected chi connectivity index (χ4v) is 3.18. The lowest BCUT2D eigenvalue weighted by molar-refractivity contribution is -0.0513. The first kappa shape index (κ1) is 10.2. The maximum atomic E-state index is 6.00. The Balaban J connectivity index is 2.24. The molecule has 0 spiro atoms. The lowest BCUT2D eigenvalue weighted by atomic mass is 9.85. The van der Waals surface area contributed by atoms with Crippen molar-refractivity contribution in [2.24, 2.45) is 0 Å². The average molecular weight is 218 g/mol. The Kier molecular flexibility index (Phi) is 2.21. The number of methoxy groups -OCH3 is 1. The minimum atomic E-state index is -0.0505. The highest BCUT2D eigenvalue weighted by Crippen LogP contribution is 2.43. The third-order valence-electron chi connectivity index (χ3n) is 4.03. The van der Waals surface area contributed by atoms with Crippen LogP contribution in [0.2, 0.25) is 0 Å². The van der Waals surface area contributed by atoms with Crippen molar-refractivity contribution in [1.29, 1.82) is 0 Å². The van der Waals surface area contributed by atoms with E-state index in [4.69, 9.17) is 9.47 Å². The molecule has 1 heterocycles. The molecule has 0 N–H and O–H groups in total. The van der Waals surface area contributed by atoms with Crippen LogP contribution in [-0.2, 0) is 23.2 Å². The molecule has 0 radical (unpaired) electrons. The van der Waals surface area contributed by atoms with Gasteiger partial charge in [0, 0.05) is 0 Å². The lowest BCUT2D eigenvalue weighted by Crippen LogP contribution is -2.31. The highest BCUT2D eigenvalue weighted by atomic mass is 16.5. The molecule has 0 saturated carbocycles. The normalized spacial score (nSPS) is 27.4. The molecule has 2 heteroatoms. The Morgan fingerprint density at radius 2 is 2.12 bits per heavy atom. The van der Waals surface area contributed by atoms with Crippen LogP contribution in [0.3, 0.4) is 0 Å². The van der Waals surface area contributed by atoms with E-state index in [0.717, 1.165) is 31.6 Å². The van der Waals surface area contributed by atoms with E-state index >= 15 is 0 Å². The molecule has 1 aliphatic heterocycles. The molecule has 0 unspecified atom stereocenters. The van der Waals surface area contributed by atoms with Crippen LogP contribution in [0.15, 0.2) is 12.1 Å². The van der Waals surface area contributed by atoms with Gasteiger partial charge in [0.15, 0.2) is 0 Å². The van der Waals surface area contributed by atoms with E-state index < -0.39 is 0 Å². The predicted octanol–water partition coefficient (Wildman–Crippen LogP) is 2.82. The number of ether oxygens (including phenoxy) is 2. The maximum absolute atomic E-state index is 6.00. The molecule has 2 nitrogen and oxygen atoms in total. The highest BCUT2D eigenvalue weighted by Gasteiger charge is 2.36. The van der Waals surface area contributed by atoms with E-state index in [-0.39, 0.29) is 5.60 Å². The summed E-state index contributed by atoms with van der Waals surface area (Å²) in [5.74, 6) is 1.06. The van der Waals surface area contributed by atoms with Crippen molar-refractivity contribution in [3.63, 3.8) is 0 Å². The summed E-state index contributed by atoms with van der Waals surface area (Å²) >= 11 is 0.